The lowest BCUT2D eigenvalue weighted by atomic mass is 10.1. The molecule has 1 N–H and O–H groups in total. The van der Waals surface area contributed by atoms with E-state index < -0.39 is 6.10 Å². The predicted octanol–water partition coefficient (Wildman–Crippen LogP) is 2.56. The molecule has 1 heterocycles. The van der Waals surface area contributed by atoms with Gasteiger partial charge in [-0.2, -0.15) is 0 Å². The second kappa shape index (κ2) is 6.59. The molecule has 0 radical (unpaired) electrons. The number of carbonyl (C=O) groups is 1. The molecule has 4 nitrogen and oxygen atoms in total. The van der Waals surface area contributed by atoms with Crippen LogP contribution in [-0.4, -0.2) is 42.1 Å². The van der Waals surface area contributed by atoms with Crippen molar-refractivity contribution in [2.45, 2.75) is 26.4 Å². The Morgan fingerprint density at radius 3 is 2.70 bits per heavy atom. The van der Waals surface area contributed by atoms with Crippen LogP contribution in [0.5, 0.6) is 0 Å². The van der Waals surface area contributed by atoms with Gasteiger partial charge in [0.05, 0.1) is 6.10 Å². The molecule has 1 amide bonds. The first-order valence-corrected chi connectivity index (χ1v) is 7.76. The van der Waals surface area contributed by atoms with Gasteiger partial charge >= 0.3 is 0 Å². The van der Waals surface area contributed by atoms with Crippen molar-refractivity contribution >= 4 is 27.5 Å². The van der Waals surface area contributed by atoms with Gasteiger partial charge in [0.2, 0.25) is 5.91 Å². The number of rotatable bonds is 2. The zero-order chi connectivity index (χ0) is 14.7. The Bertz CT molecular complexity index is 491. The van der Waals surface area contributed by atoms with Gasteiger partial charge in [0.25, 0.3) is 0 Å². The van der Waals surface area contributed by atoms with E-state index in [9.17, 15) is 9.90 Å². The summed E-state index contributed by atoms with van der Waals surface area (Å²) in [7, 11) is 0. The van der Waals surface area contributed by atoms with Crippen molar-refractivity contribution < 1.29 is 9.90 Å². The third-order valence-electron chi connectivity index (χ3n) is 3.72. The molecular weight excluding hydrogens is 320 g/mol. The van der Waals surface area contributed by atoms with Crippen LogP contribution in [-0.2, 0) is 4.79 Å². The Kier molecular flexibility index (Phi) is 5.05. The number of aliphatic hydroxyl groups is 1. The maximum Gasteiger partial charge on any atom is 0.219 e. The van der Waals surface area contributed by atoms with E-state index in [0.717, 1.165) is 48.3 Å². The van der Waals surface area contributed by atoms with Crippen molar-refractivity contribution in [1.82, 2.24) is 4.90 Å². The fourth-order valence-corrected chi connectivity index (χ4v) is 3.00. The maximum atomic E-state index is 11.5. The number of nitrogens with zero attached hydrogens (tertiary/aromatic N) is 2. The van der Waals surface area contributed by atoms with Crippen molar-refractivity contribution in [2.75, 3.05) is 31.1 Å². The molecule has 1 aromatic rings. The topological polar surface area (TPSA) is 43.8 Å². The van der Waals surface area contributed by atoms with E-state index >= 15 is 0 Å². The summed E-state index contributed by atoms with van der Waals surface area (Å²) >= 11 is 3.45. The first-order chi connectivity index (χ1) is 9.49. The van der Waals surface area contributed by atoms with Gasteiger partial charge in [0.15, 0.2) is 0 Å². The number of aliphatic hydroxyl groups excluding tert-OH is 1. The first kappa shape index (κ1) is 15.3. The molecule has 0 aliphatic carbocycles. The van der Waals surface area contributed by atoms with Crippen molar-refractivity contribution in [3.8, 4) is 0 Å². The highest BCUT2D eigenvalue weighted by Crippen LogP contribution is 2.30. The summed E-state index contributed by atoms with van der Waals surface area (Å²) in [5.41, 5.74) is 1.99. The van der Waals surface area contributed by atoms with Crippen LogP contribution in [0.1, 0.15) is 31.9 Å². The number of amides is 1. The lowest BCUT2D eigenvalue weighted by molar-refractivity contribution is -0.128. The van der Waals surface area contributed by atoms with E-state index in [1.54, 1.807) is 13.8 Å². The summed E-state index contributed by atoms with van der Waals surface area (Å²) in [6.45, 7) is 6.67. The minimum Gasteiger partial charge on any atom is -0.389 e. The highest BCUT2D eigenvalue weighted by Gasteiger charge is 2.20. The molecule has 2 rings (SSSR count). The zero-order valence-corrected chi connectivity index (χ0v) is 13.6. The molecule has 1 aromatic carbocycles. The molecule has 5 heteroatoms. The SMILES string of the molecule is CC(=O)N1CCCN(c2ccc(Br)cc2C(C)O)CC1. The van der Waals surface area contributed by atoms with Gasteiger partial charge in [-0.1, -0.05) is 15.9 Å². The maximum absolute atomic E-state index is 11.5. The molecular formula is C15H21BrN2O2. The molecule has 1 aliphatic heterocycles. The fraction of sp³-hybridized carbons (Fsp3) is 0.533. The minimum atomic E-state index is -0.505. The summed E-state index contributed by atoms with van der Waals surface area (Å²) in [5, 5.41) is 9.96. The zero-order valence-electron chi connectivity index (χ0n) is 12.0. The number of hydrogen-bond acceptors (Lipinski definition) is 3. The fourth-order valence-electron chi connectivity index (χ4n) is 2.62. The Morgan fingerprint density at radius 1 is 1.30 bits per heavy atom. The largest absolute Gasteiger partial charge is 0.389 e. The third-order valence-corrected chi connectivity index (χ3v) is 4.21. The van der Waals surface area contributed by atoms with Gasteiger partial charge < -0.3 is 14.9 Å². The molecule has 0 saturated carbocycles. The lowest BCUT2D eigenvalue weighted by Crippen LogP contribution is -2.34. The smallest absolute Gasteiger partial charge is 0.219 e. The van der Waals surface area contributed by atoms with Crippen molar-refractivity contribution in [3.63, 3.8) is 0 Å². The van der Waals surface area contributed by atoms with E-state index in [1.807, 2.05) is 23.1 Å². The molecule has 0 bridgehead atoms. The average molecular weight is 341 g/mol. The molecule has 0 aromatic heterocycles. The van der Waals surface area contributed by atoms with Crippen molar-refractivity contribution in [1.29, 1.82) is 0 Å². The molecule has 1 aliphatic rings. The van der Waals surface area contributed by atoms with Crippen LogP contribution in [0, 0.1) is 0 Å². The third kappa shape index (κ3) is 3.52. The summed E-state index contributed by atoms with van der Waals surface area (Å²) in [5.74, 6) is 0.137. The van der Waals surface area contributed by atoms with Gasteiger partial charge in [0.1, 0.15) is 0 Å². The van der Waals surface area contributed by atoms with Crippen LogP contribution >= 0.6 is 15.9 Å². The number of benzene rings is 1. The Morgan fingerprint density at radius 2 is 2.05 bits per heavy atom. The van der Waals surface area contributed by atoms with Gasteiger partial charge in [-0.15, -0.1) is 0 Å². The first-order valence-electron chi connectivity index (χ1n) is 6.97. The van der Waals surface area contributed by atoms with Gasteiger partial charge in [0, 0.05) is 48.8 Å². The van der Waals surface area contributed by atoms with Crippen LogP contribution in [0.3, 0.4) is 0 Å². The number of halogens is 1. The van der Waals surface area contributed by atoms with Crippen LogP contribution in [0.2, 0.25) is 0 Å². The number of hydrogen-bond donors (Lipinski definition) is 1. The molecule has 1 atom stereocenters. The minimum absolute atomic E-state index is 0.137. The quantitative estimate of drug-likeness (QED) is 0.899. The molecule has 110 valence electrons. The van der Waals surface area contributed by atoms with E-state index in [0.29, 0.717) is 0 Å². The Hall–Kier alpha value is -1.07. The highest BCUT2D eigenvalue weighted by atomic mass is 79.9. The average Bonchev–Trinajstić information content (AvgIpc) is 2.64. The van der Waals surface area contributed by atoms with E-state index in [4.69, 9.17) is 0 Å². The van der Waals surface area contributed by atoms with E-state index in [2.05, 4.69) is 20.8 Å². The van der Waals surface area contributed by atoms with Crippen LogP contribution in [0.15, 0.2) is 22.7 Å². The van der Waals surface area contributed by atoms with E-state index in [1.165, 1.54) is 0 Å². The highest BCUT2D eigenvalue weighted by molar-refractivity contribution is 9.10. The Labute approximate surface area is 128 Å². The summed E-state index contributed by atoms with van der Waals surface area (Å²) in [6.07, 6.45) is 0.448. The molecule has 1 unspecified atom stereocenters. The number of carbonyl (C=O) groups excluding carboxylic acids is 1. The molecule has 0 spiro atoms. The van der Waals surface area contributed by atoms with E-state index in [-0.39, 0.29) is 5.91 Å². The standard InChI is InChI=1S/C15H21BrN2O2/c1-11(19)14-10-13(16)4-5-15(14)18-7-3-6-17(8-9-18)12(2)20/h4-5,10-11,19H,3,6-9H2,1-2H3. The second-order valence-corrected chi connectivity index (χ2v) is 6.14. The molecule has 20 heavy (non-hydrogen) atoms. The van der Waals surface area contributed by atoms with Crippen molar-refractivity contribution in [3.05, 3.63) is 28.2 Å². The second-order valence-electron chi connectivity index (χ2n) is 5.23. The normalized spacial score (nSPS) is 17.8. The van der Waals surface area contributed by atoms with Crippen LogP contribution in [0.4, 0.5) is 5.69 Å². The van der Waals surface area contributed by atoms with Gasteiger partial charge in [-0.05, 0) is 31.5 Å². The van der Waals surface area contributed by atoms with Crippen LogP contribution in [0.25, 0.3) is 0 Å². The summed E-state index contributed by atoms with van der Waals surface area (Å²) in [6, 6.07) is 6.00. The van der Waals surface area contributed by atoms with Gasteiger partial charge in [-0.3, -0.25) is 4.79 Å². The summed E-state index contributed by atoms with van der Waals surface area (Å²) < 4.78 is 0.970. The number of anilines is 1. The Balaban J connectivity index is 2.21. The monoisotopic (exact) mass is 340 g/mol. The molecule has 1 saturated heterocycles. The molecule has 1 fully saturated rings. The van der Waals surface area contributed by atoms with Crippen LogP contribution < -0.4 is 4.90 Å². The predicted molar refractivity (Wildman–Crippen MR) is 83.9 cm³/mol. The van der Waals surface area contributed by atoms with Gasteiger partial charge in [-0.25, -0.2) is 0 Å². The lowest BCUT2D eigenvalue weighted by Gasteiger charge is -2.27. The van der Waals surface area contributed by atoms with Crippen molar-refractivity contribution in [2.24, 2.45) is 0 Å². The summed E-state index contributed by atoms with van der Waals surface area (Å²) in [4.78, 5) is 15.6.